The Labute approximate surface area is 168 Å². The molecule has 1 N–H and O–H groups in total. The number of carbonyl (C=O) groups is 3. The lowest BCUT2D eigenvalue weighted by atomic mass is 10.1. The van der Waals surface area contributed by atoms with Gasteiger partial charge in [-0.15, -0.1) is 0 Å². The molecule has 146 valence electrons. The molecule has 1 atom stereocenters. The number of hydrogen-bond donors (Lipinski definition) is 1. The summed E-state index contributed by atoms with van der Waals surface area (Å²) in [6.07, 6.45) is -0.622. The van der Waals surface area contributed by atoms with Crippen LogP contribution in [0.2, 0.25) is 5.02 Å². The Hall–Kier alpha value is -2.86. The van der Waals surface area contributed by atoms with Crippen LogP contribution in [0.5, 0.6) is 0 Å². The molecule has 7 heteroatoms. The predicted octanol–water partition coefficient (Wildman–Crippen LogP) is 4.20. The largest absolute Gasteiger partial charge is 0.444 e. The molecule has 0 radical (unpaired) electrons. The Balaban J connectivity index is 1.89. The number of hydrogen-bond acceptors (Lipinski definition) is 4. The van der Waals surface area contributed by atoms with Crippen molar-refractivity contribution in [3.63, 3.8) is 0 Å². The van der Waals surface area contributed by atoms with Crippen LogP contribution in [0.4, 0.5) is 4.79 Å². The number of halogens is 1. The molecule has 1 unspecified atom stereocenters. The van der Waals surface area contributed by atoms with Crippen LogP contribution >= 0.6 is 11.6 Å². The molecule has 0 aliphatic carbocycles. The first-order valence-corrected chi connectivity index (χ1v) is 9.24. The third-order valence-electron chi connectivity index (χ3n) is 4.23. The van der Waals surface area contributed by atoms with Crippen LogP contribution in [0, 0.1) is 0 Å². The molecule has 0 fully saturated rings. The van der Waals surface area contributed by atoms with Crippen LogP contribution in [0.3, 0.4) is 0 Å². The lowest BCUT2D eigenvalue weighted by Crippen LogP contribution is -2.42. The van der Waals surface area contributed by atoms with Crippen LogP contribution in [-0.4, -0.2) is 35.0 Å². The zero-order valence-electron chi connectivity index (χ0n) is 15.9. The Bertz CT molecular complexity index is 884. The molecule has 3 rings (SSSR count). The van der Waals surface area contributed by atoms with Crippen LogP contribution in [-0.2, 0) is 4.74 Å². The van der Waals surface area contributed by atoms with Gasteiger partial charge in [-0.2, -0.15) is 0 Å². The minimum atomic E-state index is -0.697. The van der Waals surface area contributed by atoms with E-state index in [-0.39, 0.29) is 6.54 Å². The summed E-state index contributed by atoms with van der Waals surface area (Å²) in [6, 6.07) is 12.8. The van der Waals surface area contributed by atoms with E-state index in [1.54, 1.807) is 69.3 Å². The Morgan fingerprint density at radius 3 is 2.07 bits per heavy atom. The monoisotopic (exact) mass is 400 g/mol. The van der Waals surface area contributed by atoms with Crippen molar-refractivity contribution in [1.29, 1.82) is 0 Å². The molecule has 6 nitrogen and oxygen atoms in total. The number of alkyl carbamates (subject to hydrolysis) is 1. The van der Waals surface area contributed by atoms with Gasteiger partial charge in [-0.1, -0.05) is 35.9 Å². The standard InChI is InChI=1S/C21H21ClN2O4/c1-21(2,3)28-20(27)23-12-17(13-8-10-14(22)11-9-13)24-18(25)15-6-4-5-7-16(15)19(24)26/h4-11,17H,12H2,1-3H3,(H,23,27). The predicted molar refractivity (Wildman–Crippen MR) is 105 cm³/mol. The first-order chi connectivity index (χ1) is 13.2. The second kappa shape index (κ2) is 7.64. The van der Waals surface area contributed by atoms with E-state index >= 15 is 0 Å². The molecule has 1 aliphatic rings. The number of carbonyl (C=O) groups excluding carboxylic acids is 3. The summed E-state index contributed by atoms with van der Waals surface area (Å²) >= 11 is 5.97. The zero-order valence-corrected chi connectivity index (χ0v) is 16.6. The van der Waals surface area contributed by atoms with Gasteiger partial charge >= 0.3 is 6.09 Å². The molecule has 2 aromatic rings. The van der Waals surface area contributed by atoms with E-state index in [1.165, 1.54) is 4.90 Å². The molecule has 0 spiro atoms. The minimum Gasteiger partial charge on any atom is -0.444 e. The fourth-order valence-corrected chi connectivity index (χ4v) is 3.15. The summed E-state index contributed by atoms with van der Waals surface area (Å²) in [6.45, 7) is 5.29. The number of amides is 3. The molecule has 0 bridgehead atoms. The number of fused-ring (bicyclic) bond motifs is 1. The summed E-state index contributed by atoms with van der Waals surface area (Å²) in [7, 11) is 0. The van der Waals surface area contributed by atoms with Crippen LogP contribution < -0.4 is 5.32 Å². The quantitative estimate of drug-likeness (QED) is 0.780. The number of ether oxygens (including phenoxy) is 1. The van der Waals surface area contributed by atoms with Gasteiger partial charge in [-0.05, 0) is 50.6 Å². The van der Waals surface area contributed by atoms with Gasteiger partial charge in [0.15, 0.2) is 0 Å². The molecule has 3 amide bonds. The third kappa shape index (κ3) is 4.17. The molecule has 0 saturated carbocycles. The molecule has 2 aromatic carbocycles. The van der Waals surface area contributed by atoms with Crippen molar-refractivity contribution < 1.29 is 19.1 Å². The Morgan fingerprint density at radius 2 is 1.57 bits per heavy atom. The normalized spacial score (nSPS) is 14.6. The second-order valence-corrected chi connectivity index (χ2v) is 7.91. The highest BCUT2D eigenvalue weighted by Gasteiger charge is 2.40. The molecule has 0 saturated heterocycles. The molecular formula is C21H21ClN2O4. The summed E-state index contributed by atoms with van der Waals surface area (Å²) in [5.41, 5.74) is 0.720. The second-order valence-electron chi connectivity index (χ2n) is 7.48. The fraction of sp³-hybridized carbons (Fsp3) is 0.286. The molecule has 1 aliphatic heterocycles. The van der Waals surface area contributed by atoms with Gasteiger partial charge in [-0.25, -0.2) is 4.79 Å². The van der Waals surface area contributed by atoms with Gasteiger partial charge in [0.25, 0.3) is 11.8 Å². The van der Waals surface area contributed by atoms with Gasteiger partial charge in [-0.3, -0.25) is 14.5 Å². The maximum atomic E-state index is 12.9. The maximum absolute atomic E-state index is 12.9. The fourth-order valence-electron chi connectivity index (χ4n) is 3.03. The maximum Gasteiger partial charge on any atom is 0.407 e. The number of nitrogens with zero attached hydrogens (tertiary/aromatic N) is 1. The van der Waals surface area contributed by atoms with Gasteiger partial charge < -0.3 is 10.1 Å². The van der Waals surface area contributed by atoms with E-state index in [1.807, 2.05) is 0 Å². The number of rotatable bonds is 4. The number of nitrogens with one attached hydrogen (secondary N) is 1. The lowest BCUT2D eigenvalue weighted by Gasteiger charge is -2.28. The van der Waals surface area contributed by atoms with E-state index in [2.05, 4.69) is 5.32 Å². The lowest BCUT2D eigenvalue weighted by molar-refractivity contribution is 0.0467. The van der Waals surface area contributed by atoms with Crippen LogP contribution in [0.15, 0.2) is 48.5 Å². The average Bonchev–Trinajstić information content (AvgIpc) is 2.87. The highest BCUT2D eigenvalue weighted by Crippen LogP contribution is 2.31. The van der Waals surface area contributed by atoms with E-state index in [0.717, 1.165) is 0 Å². The van der Waals surface area contributed by atoms with Crippen molar-refractivity contribution in [3.8, 4) is 0 Å². The minimum absolute atomic E-state index is 0.0159. The van der Waals surface area contributed by atoms with Crippen molar-refractivity contribution in [2.75, 3.05) is 6.54 Å². The van der Waals surface area contributed by atoms with E-state index in [9.17, 15) is 14.4 Å². The summed E-state index contributed by atoms with van der Waals surface area (Å²) < 4.78 is 5.26. The molecule has 0 aromatic heterocycles. The van der Waals surface area contributed by atoms with Crippen molar-refractivity contribution in [3.05, 3.63) is 70.2 Å². The van der Waals surface area contributed by atoms with Crippen molar-refractivity contribution in [2.24, 2.45) is 0 Å². The Kier molecular flexibility index (Phi) is 5.42. The number of benzene rings is 2. The average molecular weight is 401 g/mol. The van der Waals surface area contributed by atoms with E-state index in [0.29, 0.717) is 21.7 Å². The highest BCUT2D eigenvalue weighted by atomic mass is 35.5. The highest BCUT2D eigenvalue weighted by molar-refractivity contribution is 6.30. The summed E-state index contributed by atoms with van der Waals surface area (Å²) in [4.78, 5) is 39.1. The van der Waals surface area contributed by atoms with Crippen molar-refractivity contribution >= 4 is 29.5 Å². The Morgan fingerprint density at radius 1 is 1.04 bits per heavy atom. The van der Waals surface area contributed by atoms with Gasteiger partial charge in [0.1, 0.15) is 5.60 Å². The van der Waals surface area contributed by atoms with Crippen LogP contribution in [0.25, 0.3) is 0 Å². The van der Waals surface area contributed by atoms with Crippen molar-refractivity contribution in [2.45, 2.75) is 32.4 Å². The van der Waals surface area contributed by atoms with Crippen molar-refractivity contribution in [1.82, 2.24) is 10.2 Å². The van der Waals surface area contributed by atoms with Gasteiger partial charge in [0, 0.05) is 11.6 Å². The summed E-state index contributed by atoms with van der Waals surface area (Å²) in [5, 5.41) is 3.19. The smallest absolute Gasteiger partial charge is 0.407 e. The summed E-state index contributed by atoms with van der Waals surface area (Å²) in [5.74, 6) is -0.793. The van der Waals surface area contributed by atoms with Gasteiger partial charge in [0.2, 0.25) is 0 Å². The number of imide groups is 1. The topological polar surface area (TPSA) is 75.7 Å². The zero-order chi connectivity index (χ0) is 20.5. The van der Waals surface area contributed by atoms with Crippen LogP contribution in [0.1, 0.15) is 53.1 Å². The first-order valence-electron chi connectivity index (χ1n) is 8.86. The third-order valence-corrected chi connectivity index (χ3v) is 4.48. The van der Waals surface area contributed by atoms with Gasteiger partial charge in [0.05, 0.1) is 17.2 Å². The molecular weight excluding hydrogens is 380 g/mol. The van der Waals surface area contributed by atoms with E-state index < -0.39 is 29.6 Å². The molecule has 28 heavy (non-hydrogen) atoms. The molecule has 1 heterocycles. The van der Waals surface area contributed by atoms with E-state index in [4.69, 9.17) is 16.3 Å². The first kappa shape index (κ1) is 19.9. The SMILES string of the molecule is CC(C)(C)OC(=O)NCC(c1ccc(Cl)cc1)N1C(=O)c2ccccc2C1=O.